The maximum Gasteiger partial charge on any atom is 0.252 e. The van der Waals surface area contributed by atoms with Gasteiger partial charge in [0.1, 0.15) is 0 Å². The number of anilines is 5. The zero-order valence-electron chi connectivity index (χ0n) is 32.3. The quantitative estimate of drug-likeness (QED) is 0.161. The second-order valence-corrected chi connectivity index (χ2v) is 18.7. The van der Waals surface area contributed by atoms with Crippen LogP contribution in [0.25, 0.3) is 11.1 Å². The molecule has 5 aliphatic rings. The molecule has 5 aromatic rings. The van der Waals surface area contributed by atoms with Gasteiger partial charge in [-0.1, -0.05) is 121 Å². The second kappa shape index (κ2) is 9.79. The van der Waals surface area contributed by atoms with Gasteiger partial charge in [0.15, 0.2) is 0 Å². The first-order chi connectivity index (χ1) is 24.2. The fourth-order valence-corrected chi connectivity index (χ4v) is 11.7. The Morgan fingerprint density at radius 3 is 2.06 bits per heavy atom. The van der Waals surface area contributed by atoms with Crippen molar-refractivity contribution in [3.05, 3.63) is 118 Å². The maximum absolute atomic E-state index is 2.86. The fraction of sp³-hybridized carbons (Fsp3) is 0.375. The lowest BCUT2D eigenvalue weighted by Crippen LogP contribution is -2.64. The largest absolute Gasteiger partial charge is 0.335 e. The van der Waals surface area contributed by atoms with Crippen LogP contribution in [0.2, 0.25) is 0 Å². The van der Waals surface area contributed by atoms with Gasteiger partial charge in [0.05, 0.1) is 11.2 Å². The summed E-state index contributed by atoms with van der Waals surface area (Å²) in [7, 11) is 0. The molecule has 0 N–H and O–H groups in total. The average molecular weight is 667 g/mol. The van der Waals surface area contributed by atoms with Crippen molar-refractivity contribution < 1.29 is 0 Å². The van der Waals surface area contributed by atoms with E-state index < -0.39 is 0 Å². The molecule has 256 valence electrons. The molecule has 51 heavy (non-hydrogen) atoms. The molecule has 2 atom stereocenters. The van der Waals surface area contributed by atoms with Crippen molar-refractivity contribution in [2.75, 3.05) is 9.80 Å². The summed E-state index contributed by atoms with van der Waals surface area (Å²) in [6.45, 7) is 24.2. The van der Waals surface area contributed by atoms with Crippen LogP contribution < -0.4 is 26.2 Å². The third-order valence-corrected chi connectivity index (χ3v) is 14.4. The number of hydrogen-bond donors (Lipinski definition) is 0. The Labute approximate surface area is 306 Å². The zero-order valence-corrected chi connectivity index (χ0v) is 32.3. The summed E-state index contributed by atoms with van der Waals surface area (Å²) in [6, 6.07) is 31.6. The van der Waals surface area contributed by atoms with E-state index in [2.05, 4.69) is 158 Å². The lowest BCUT2D eigenvalue weighted by Gasteiger charge is -2.53. The smallest absolute Gasteiger partial charge is 0.252 e. The van der Waals surface area contributed by atoms with Crippen LogP contribution in [-0.2, 0) is 16.2 Å². The molecule has 0 saturated heterocycles. The van der Waals surface area contributed by atoms with Gasteiger partial charge in [-0.15, -0.1) is 0 Å². The van der Waals surface area contributed by atoms with Gasteiger partial charge in [-0.25, -0.2) is 0 Å². The lowest BCUT2D eigenvalue weighted by atomic mass is 9.33. The van der Waals surface area contributed by atoms with Crippen molar-refractivity contribution in [1.29, 1.82) is 0 Å². The maximum atomic E-state index is 2.86. The van der Waals surface area contributed by atoms with Crippen molar-refractivity contribution in [1.82, 2.24) is 0 Å². The van der Waals surface area contributed by atoms with Gasteiger partial charge in [0.25, 0.3) is 6.71 Å². The van der Waals surface area contributed by atoms with Crippen molar-refractivity contribution in [3.8, 4) is 11.1 Å². The Bertz CT molecular complexity index is 2350. The van der Waals surface area contributed by atoms with Crippen LogP contribution in [0.3, 0.4) is 0 Å². The zero-order chi connectivity index (χ0) is 35.6. The number of rotatable bonds is 1. The van der Waals surface area contributed by atoms with Crippen LogP contribution in [0, 0.1) is 20.8 Å². The van der Waals surface area contributed by atoms with Crippen LogP contribution in [0.1, 0.15) is 113 Å². The molecule has 0 spiro atoms. The van der Waals surface area contributed by atoms with Crippen LogP contribution in [0.15, 0.2) is 78.9 Å². The number of benzene rings is 5. The monoisotopic (exact) mass is 666 g/mol. The number of hydrogen-bond acceptors (Lipinski definition) is 2. The summed E-state index contributed by atoms with van der Waals surface area (Å²) >= 11 is 0. The summed E-state index contributed by atoms with van der Waals surface area (Å²) in [4.78, 5) is 5.59. The third kappa shape index (κ3) is 3.71. The molecule has 2 unspecified atom stereocenters. The Morgan fingerprint density at radius 2 is 1.31 bits per heavy atom. The summed E-state index contributed by atoms with van der Waals surface area (Å²) in [6.07, 6.45) is 5.06. The standard InChI is InChI=1S/C48H51BN2/c1-28-24-38-41-39(25-28)51-43-35(47(9)22-13-14-23-48(47,51)10)18-15-19-36(43)49(41)37-21-20-34-40(32-16-11-12-17-33(32)46(34,7)8)44(37)50(38)42-29(2)26-31(27-30(42)3)45(4,5)6/h11-12,15-21,24-27H,13-14,22-23H2,1-10H3. The van der Waals surface area contributed by atoms with E-state index >= 15 is 0 Å². The van der Waals surface area contributed by atoms with Crippen LogP contribution in [0.4, 0.5) is 28.4 Å². The first kappa shape index (κ1) is 31.5. The third-order valence-electron chi connectivity index (χ3n) is 14.4. The Morgan fingerprint density at radius 1 is 0.647 bits per heavy atom. The Hall–Kier alpha value is -4.24. The molecule has 0 radical (unpaired) electrons. The van der Waals surface area contributed by atoms with Gasteiger partial charge in [-0.05, 0) is 119 Å². The fourth-order valence-electron chi connectivity index (χ4n) is 11.7. The first-order valence-electron chi connectivity index (χ1n) is 19.5. The molecule has 1 fully saturated rings. The van der Waals surface area contributed by atoms with E-state index in [1.165, 1.54) is 115 Å². The number of nitrogens with zero attached hydrogens (tertiary/aromatic N) is 2. The topological polar surface area (TPSA) is 6.48 Å². The summed E-state index contributed by atoms with van der Waals surface area (Å²) in [5.74, 6) is 0. The van der Waals surface area contributed by atoms with Gasteiger partial charge in [0.2, 0.25) is 0 Å². The highest BCUT2D eigenvalue weighted by molar-refractivity contribution is 7.00. The van der Waals surface area contributed by atoms with Gasteiger partial charge < -0.3 is 9.80 Å². The van der Waals surface area contributed by atoms with Gasteiger partial charge in [0, 0.05) is 39.1 Å². The molecule has 3 aliphatic heterocycles. The molecular weight excluding hydrogens is 615 g/mol. The lowest BCUT2D eigenvalue weighted by molar-refractivity contribution is 0.195. The molecule has 3 heterocycles. The van der Waals surface area contributed by atoms with Crippen molar-refractivity contribution in [3.63, 3.8) is 0 Å². The van der Waals surface area contributed by atoms with Crippen LogP contribution in [-0.4, -0.2) is 12.3 Å². The molecule has 5 aromatic carbocycles. The van der Waals surface area contributed by atoms with E-state index in [1.54, 1.807) is 5.56 Å². The minimum absolute atomic E-state index is 0.0302. The van der Waals surface area contributed by atoms with E-state index in [1.807, 2.05) is 0 Å². The highest BCUT2D eigenvalue weighted by Gasteiger charge is 2.61. The molecule has 0 bridgehead atoms. The van der Waals surface area contributed by atoms with E-state index in [9.17, 15) is 0 Å². The van der Waals surface area contributed by atoms with E-state index in [-0.39, 0.29) is 28.5 Å². The number of fused-ring (bicyclic) bond motifs is 11. The van der Waals surface area contributed by atoms with Crippen LogP contribution >= 0.6 is 0 Å². The van der Waals surface area contributed by atoms with Crippen molar-refractivity contribution in [2.45, 2.75) is 117 Å². The molecule has 0 amide bonds. The predicted molar refractivity (Wildman–Crippen MR) is 219 cm³/mol. The normalized spacial score (nSPS) is 23.0. The van der Waals surface area contributed by atoms with E-state index in [0.717, 1.165) is 0 Å². The predicted octanol–water partition coefficient (Wildman–Crippen LogP) is 10.6. The highest BCUT2D eigenvalue weighted by Crippen LogP contribution is 2.62. The second-order valence-electron chi connectivity index (χ2n) is 18.7. The molecule has 3 heteroatoms. The average Bonchev–Trinajstić information content (AvgIpc) is 3.44. The molecule has 0 aromatic heterocycles. The van der Waals surface area contributed by atoms with E-state index in [4.69, 9.17) is 0 Å². The highest BCUT2D eigenvalue weighted by atomic mass is 15.3. The van der Waals surface area contributed by atoms with Gasteiger partial charge in [-0.2, -0.15) is 0 Å². The molecular formula is C48H51BN2. The summed E-state index contributed by atoms with van der Waals surface area (Å²) in [5, 5.41) is 0. The molecule has 2 nitrogen and oxygen atoms in total. The van der Waals surface area contributed by atoms with Crippen molar-refractivity contribution in [2.24, 2.45) is 0 Å². The molecule has 1 saturated carbocycles. The molecule has 2 aliphatic carbocycles. The number of aryl methyl sites for hydroxylation is 3. The Kier molecular flexibility index (Phi) is 6.05. The van der Waals surface area contributed by atoms with Gasteiger partial charge in [-0.3, -0.25) is 0 Å². The molecule has 10 rings (SSSR count). The first-order valence-corrected chi connectivity index (χ1v) is 19.5. The SMILES string of the molecule is Cc1cc2c3c(c1)N1c4c(cccc4C4(C)CCCCC14C)B3c1ccc3c(c1N2c1c(C)cc(C(C)(C)C)cc1C)-c1ccccc1C3(C)C. The van der Waals surface area contributed by atoms with Crippen molar-refractivity contribution >= 4 is 51.5 Å². The number of para-hydroxylation sites is 1. The minimum atomic E-state index is -0.0823. The van der Waals surface area contributed by atoms with Crippen LogP contribution in [0.5, 0.6) is 0 Å². The minimum Gasteiger partial charge on any atom is -0.335 e. The van der Waals surface area contributed by atoms with Gasteiger partial charge >= 0.3 is 0 Å². The summed E-state index contributed by atoms with van der Waals surface area (Å²) < 4.78 is 0. The summed E-state index contributed by atoms with van der Waals surface area (Å²) in [5.41, 5.74) is 24.2. The van der Waals surface area contributed by atoms with E-state index in [0.29, 0.717) is 0 Å². The Balaban J connectivity index is 1.37.